The first-order valence-electron chi connectivity index (χ1n) is 11.2. The number of anilines is 1. The molecule has 1 fully saturated rings. The Morgan fingerprint density at radius 2 is 1.83 bits per heavy atom. The van der Waals surface area contributed by atoms with Crippen molar-refractivity contribution in [1.82, 2.24) is 4.31 Å². The van der Waals surface area contributed by atoms with E-state index in [2.05, 4.69) is 5.32 Å². The van der Waals surface area contributed by atoms with E-state index in [0.717, 1.165) is 11.1 Å². The van der Waals surface area contributed by atoms with Gasteiger partial charge in [-0.25, -0.2) is 13.2 Å². The van der Waals surface area contributed by atoms with Crippen LogP contribution in [-0.4, -0.2) is 63.9 Å². The largest absolute Gasteiger partial charge is 0.462 e. The molecule has 0 atom stereocenters. The quantitative estimate of drug-likeness (QED) is 0.341. The first-order valence-corrected chi connectivity index (χ1v) is 13.5. The normalized spacial score (nSPS) is 14.4. The van der Waals surface area contributed by atoms with Gasteiger partial charge in [-0.2, -0.15) is 4.31 Å². The molecule has 0 radical (unpaired) electrons. The average Bonchev–Trinajstić information content (AvgIpc) is 3.32. The fourth-order valence-electron chi connectivity index (χ4n) is 3.75. The summed E-state index contributed by atoms with van der Waals surface area (Å²) in [4.78, 5) is 25.7. The summed E-state index contributed by atoms with van der Waals surface area (Å²) < 4.78 is 37.8. The van der Waals surface area contributed by atoms with Gasteiger partial charge in [0, 0.05) is 29.6 Å². The molecule has 0 unspecified atom stereocenters. The Hall–Kier alpha value is -3.05. The summed E-state index contributed by atoms with van der Waals surface area (Å²) in [6.07, 6.45) is 0. The summed E-state index contributed by atoms with van der Waals surface area (Å²) in [7, 11) is -3.72. The van der Waals surface area contributed by atoms with Gasteiger partial charge in [-0.05, 0) is 24.6 Å². The van der Waals surface area contributed by atoms with Gasteiger partial charge in [0.05, 0.1) is 31.3 Å². The third-order valence-corrected chi connectivity index (χ3v) is 8.36. The van der Waals surface area contributed by atoms with Gasteiger partial charge in [0.2, 0.25) is 10.0 Å². The van der Waals surface area contributed by atoms with Crippen molar-refractivity contribution >= 4 is 38.1 Å². The molecule has 0 bridgehead atoms. The first-order chi connectivity index (χ1) is 16.9. The third-order valence-electron chi connectivity index (χ3n) is 5.53. The van der Waals surface area contributed by atoms with Crippen molar-refractivity contribution in [3.8, 4) is 11.1 Å². The van der Waals surface area contributed by atoms with E-state index >= 15 is 0 Å². The summed E-state index contributed by atoms with van der Waals surface area (Å²) in [6, 6.07) is 15.5. The molecule has 10 heteroatoms. The number of esters is 1. The van der Waals surface area contributed by atoms with Crippen molar-refractivity contribution < 1.29 is 27.5 Å². The van der Waals surface area contributed by atoms with E-state index in [4.69, 9.17) is 9.47 Å². The van der Waals surface area contributed by atoms with Crippen LogP contribution in [0.3, 0.4) is 0 Å². The van der Waals surface area contributed by atoms with Crippen molar-refractivity contribution in [2.75, 3.05) is 44.8 Å². The molecule has 8 nitrogen and oxygen atoms in total. The van der Waals surface area contributed by atoms with Gasteiger partial charge in [-0.1, -0.05) is 42.5 Å². The minimum absolute atomic E-state index is 0.0694. The summed E-state index contributed by atoms with van der Waals surface area (Å²) >= 11 is 1.31. The highest BCUT2D eigenvalue weighted by Crippen LogP contribution is 2.36. The minimum Gasteiger partial charge on any atom is -0.462 e. The molecule has 184 valence electrons. The molecular formula is C25H26N2O6S2. The van der Waals surface area contributed by atoms with Crippen LogP contribution in [0, 0.1) is 0 Å². The zero-order valence-corrected chi connectivity index (χ0v) is 20.9. The molecule has 0 saturated carbocycles. The van der Waals surface area contributed by atoms with Gasteiger partial charge in [0.1, 0.15) is 10.6 Å². The Balaban J connectivity index is 1.53. The van der Waals surface area contributed by atoms with Crippen LogP contribution in [0.15, 0.2) is 64.9 Å². The van der Waals surface area contributed by atoms with Gasteiger partial charge in [0.25, 0.3) is 0 Å². The van der Waals surface area contributed by atoms with E-state index in [-0.39, 0.29) is 42.5 Å². The maximum atomic E-state index is 13.0. The number of thiophene rings is 1. The molecule has 0 spiro atoms. The number of carbonyl (C=O) groups excluding carboxylic acids is 2. The zero-order chi connectivity index (χ0) is 24.8. The van der Waals surface area contributed by atoms with E-state index in [9.17, 15) is 18.0 Å². The third kappa shape index (κ3) is 5.62. The van der Waals surface area contributed by atoms with Crippen molar-refractivity contribution in [3.05, 3.63) is 71.1 Å². The maximum absolute atomic E-state index is 13.0. The zero-order valence-electron chi connectivity index (χ0n) is 19.2. The van der Waals surface area contributed by atoms with E-state index < -0.39 is 16.0 Å². The molecule has 1 saturated heterocycles. The highest BCUT2D eigenvalue weighted by Gasteiger charge is 2.27. The lowest BCUT2D eigenvalue weighted by Gasteiger charge is -2.26. The van der Waals surface area contributed by atoms with E-state index in [0.29, 0.717) is 23.8 Å². The molecule has 0 amide bonds. The lowest BCUT2D eigenvalue weighted by atomic mass is 10.0. The van der Waals surface area contributed by atoms with Gasteiger partial charge in [-0.3, -0.25) is 4.79 Å². The summed E-state index contributed by atoms with van der Waals surface area (Å²) in [5.74, 6) is -0.769. The number of hydrogen-bond donors (Lipinski definition) is 1. The highest BCUT2D eigenvalue weighted by molar-refractivity contribution is 7.89. The van der Waals surface area contributed by atoms with Gasteiger partial charge in [-0.15, -0.1) is 11.3 Å². The predicted molar refractivity (Wildman–Crippen MR) is 135 cm³/mol. The van der Waals surface area contributed by atoms with Crippen LogP contribution in [0.25, 0.3) is 11.1 Å². The molecule has 1 aliphatic heterocycles. The number of sulfonamides is 1. The molecule has 2 aromatic carbocycles. The Kier molecular flexibility index (Phi) is 7.97. The SMILES string of the molecule is CCOC(=O)c1c(-c2ccccc2)csc1NCC(=O)c1cccc(S(=O)(=O)N2CCOCC2)c1. The molecule has 2 heterocycles. The summed E-state index contributed by atoms with van der Waals surface area (Å²) in [5.41, 5.74) is 2.23. The Bertz CT molecular complexity index is 1300. The van der Waals surface area contributed by atoms with Crippen LogP contribution in [0.5, 0.6) is 0 Å². The molecule has 3 aromatic rings. The number of rotatable bonds is 9. The molecule has 1 N–H and O–H groups in total. The predicted octanol–water partition coefficient (Wildman–Crippen LogP) is 3.91. The van der Waals surface area contributed by atoms with Crippen molar-refractivity contribution in [1.29, 1.82) is 0 Å². The summed E-state index contributed by atoms with van der Waals surface area (Å²) in [5, 5.41) is 5.43. The second-order valence-corrected chi connectivity index (χ2v) is 10.6. The van der Waals surface area contributed by atoms with Crippen molar-refractivity contribution in [2.24, 2.45) is 0 Å². The monoisotopic (exact) mass is 514 g/mol. The van der Waals surface area contributed by atoms with Crippen LogP contribution >= 0.6 is 11.3 Å². The fraction of sp³-hybridized carbons (Fsp3) is 0.280. The van der Waals surface area contributed by atoms with Crippen LogP contribution in [0.1, 0.15) is 27.6 Å². The van der Waals surface area contributed by atoms with Gasteiger partial charge < -0.3 is 14.8 Å². The lowest BCUT2D eigenvalue weighted by molar-refractivity contribution is 0.0528. The van der Waals surface area contributed by atoms with Crippen molar-refractivity contribution in [3.63, 3.8) is 0 Å². The number of hydrogen-bond acceptors (Lipinski definition) is 8. The van der Waals surface area contributed by atoms with Crippen LogP contribution in [-0.2, 0) is 19.5 Å². The molecule has 35 heavy (non-hydrogen) atoms. The molecule has 1 aromatic heterocycles. The average molecular weight is 515 g/mol. The number of morpholine rings is 1. The minimum atomic E-state index is -3.72. The number of benzene rings is 2. The second kappa shape index (κ2) is 11.1. The lowest BCUT2D eigenvalue weighted by Crippen LogP contribution is -2.40. The van der Waals surface area contributed by atoms with E-state index in [1.54, 1.807) is 19.1 Å². The van der Waals surface area contributed by atoms with Gasteiger partial charge in [0.15, 0.2) is 5.78 Å². The number of carbonyl (C=O) groups is 2. The highest BCUT2D eigenvalue weighted by atomic mass is 32.2. The maximum Gasteiger partial charge on any atom is 0.341 e. The number of Topliss-reactive ketones (excluding diaryl/α,β-unsaturated/α-hetero) is 1. The number of nitrogens with zero attached hydrogens (tertiary/aromatic N) is 1. The van der Waals surface area contributed by atoms with E-state index in [1.165, 1.54) is 27.8 Å². The smallest absolute Gasteiger partial charge is 0.341 e. The molecule has 1 aliphatic rings. The topological polar surface area (TPSA) is 102 Å². The van der Waals surface area contributed by atoms with Gasteiger partial charge >= 0.3 is 5.97 Å². The summed E-state index contributed by atoms with van der Waals surface area (Å²) in [6.45, 7) is 3.10. The Morgan fingerprint density at radius 3 is 2.54 bits per heavy atom. The fourth-order valence-corrected chi connectivity index (χ4v) is 6.16. The molecular weight excluding hydrogens is 488 g/mol. The molecule has 0 aliphatic carbocycles. The Morgan fingerprint density at radius 1 is 1.09 bits per heavy atom. The van der Waals surface area contributed by atoms with Crippen LogP contribution < -0.4 is 5.32 Å². The number of nitrogens with one attached hydrogen (secondary N) is 1. The van der Waals surface area contributed by atoms with Crippen molar-refractivity contribution in [2.45, 2.75) is 11.8 Å². The van der Waals surface area contributed by atoms with E-state index in [1.807, 2.05) is 35.7 Å². The number of ether oxygens (including phenoxy) is 2. The first kappa shape index (κ1) is 25.1. The molecule has 4 rings (SSSR count). The Labute approximate surface area is 208 Å². The van der Waals surface area contributed by atoms with Crippen LogP contribution in [0.4, 0.5) is 5.00 Å². The standard InChI is InChI=1S/C25H26N2O6S2/c1-2-33-25(29)23-21(18-7-4-3-5-8-18)17-34-24(23)26-16-22(28)19-9-6-10-20(15-19)35(30,31)27-11-13-32-14-12-27/h3-10,15,17,26H,2,11-14,16H2,1H3. The number of ketones is 1. The second-order valence-electron chi connectivity index (χ2n) is 7.76. The van der Waals surface area contributed by atoms with Crippen LogP contribution in [0.2, 0.25) is 0 Å².